The Morgan fingerprint density at radius 3 is 2.11 bits per heavy atom. The van der Waals surface area contributed by atoms with Crippen LogP contribution in [0.1, 0.15) is 20.3 Å². The van der Waals surface area contributed by atoms with Gasteiger partial charge in [0.05, 0.1) is 11.9 Å². The van der Waals surface area contributed by atoms with Crippen molar-refractivity contribution in [3.63, 3.8) is 0 Å². The van der Waals surface area contributed by atoms with Crippen LogP contribution in [0.5, 0.6) is 0 Å². The number of para-hydroxylation sites is 1. The molecule has 2 amide bonds. The highest BCUT2D eigenvalue weighted by atomic mass is 32.2. The van der Waals surface area contributed by atoms with E-state index in [0.717, 1.165) is 10.6 Å². The molecule has 0 saturated heterocycles. The van der Waals surface area contributed by atoms with Gasteiger partial charge in [0.1, 0.15) is 6.04 Å². The molecule has 2 rings (SSSR count). The Labute approximate surface area is 159 Å². The summed E-state index contributed by atoms with van der Waals surface area (Å²) in [6, 6.07) is 14.3. The molecule has 0 aliphatic carbocycles. The molecule has 0 fully saturated rings. The van der Waals surface area contributed by atoms with E-state index in [-0.39, 0.29) is 5.91 Å². The van der Waals surface area contributed by atoms with E-state index in [1.807, 2.05) is 0 Å². The molecule has 0 heterocycles. The van der Waals surface area contributed by atoms with Gasteiger partial charge < -0.3 is 10.6 Å². The number of nitrogens with zero attached hydrogens (tertiary/aromatic N) is 1. The quantitative estimate of drug-likeness (QED) is 0.761. The summed E-state index contributed by atoms with van der Waals surface area (Å²) in [6.45, 7) is 3.14. The maximum atomic E-state index is 12.8. The van der Waals surface area contributed by atoms with Crippen LogP contribution in [0.25, 0.3) is 0 Å². The molecule has 0 aromatic heterocycles. The first-order valence-electron chi connectivity index (χ1n) is 8.45. The van der Waals surface area contributed by atoms with Crippen LogP contribution in [-0.4, -0.2) is 32.5 Å². The lowest BCUT2D eigenvalue weighted by molar-refractivity contribution is -0.117. The Kier molecular flexibility index (Phi) is 6.57. The zero-order chi connectivity index (χ0) is 20.0. The van der Waals surface area contributed by atoms with E-state index in [0.29, 0.717) is 23.5 Å². The standard InChI is InChI=1S/C19H23N3O4S/c1-4-18(22(27(3,25)26)17-11-6-5-7-12-17)19(24)21-16-10-8-9-15(13-16)20-14(2)23/h5-13,18H,4H2,1-3H3,(H,20,23)(H,21,24)/t18-/m0/s1. The molecule has 1 atom stereocenters. The predicted octanol–water partition coefficient (Wildman–Crippen LogP) is 2.83. The van der Waals surface area contributed by atoms with Crippen LogP contribution in [0, 0.1) is 0 Å². The smallest absolute Gasteiger partial charge is 0.248 e. The van der Waals surface area contributed by atoms with Crippen LogP contribution >= 0.6 is 0 Å². The minimum Gasteiger partial charge on any atom is -0.326 e. The van der Waals surface area contributed by atoms with E-state index in [1.54, 1.807) is 61.5 Å². The number of hydrogen-bond donors (Lipinski definition) is 2. The number of nitrogens with one attached hydrogen (secondary N) is 2. The van der Waals surface area contributed by atoms with E-state index in [9.17, 15) is 18.0 Å². The highest BCUT2D eigenvalue weighted by molar-refractivity contribution is 7.92. The fraction of sp³-hybridized carbons (Fsp3) is 0.263. The summed E-state index contributed by atoms with van der Waals surface area (Å²) in [5.74, 6) is -0.677. The zero-order valence-corrected chi connectivity index (χ0v) is 16.3. The van der Waals surface area contributed by atoms with Crippen molar-refractivity contribution in [2.45, 2.75) is 26.3 Å². The second-order valence-electron chi connectivity index (χ2n) is 6.07. The van der Waals surface area contributed by atoms with E-state index >= 15 is 0 Å². The van der Waals surface area contributed by atoms with Crippen LogP contribution in [0.3, 0.4) is 0 Å². The molecule has 0 saturated carbocycles. The van der Waals surface area contributed by atoms with Gasteiger partial charge in [-0.1, -0.05) is 31.2 Å². The van der Waals surface area contributed by atoms with Crippen molar-refractivity contribution < 1.29 is 18.0 Å². The van der Waals surface area contributed by atoms with Crippen molar-refractivity contribution in [2.75, 3.05) is 21.2 Å². The zero-order valence-electron chi connectivity index (χ0n) is 15.5. The van der Waals surface area contributed by atoms with Gasteiger partial charge in [0.25, 0.3) is 0 Å². The van der Waals surface area contributed by atoms with Gasteiger partial charge in [-0.15, -0.1) is 0 Å². The molecule has 0 radical (unpaired) electrons. The SMILES string of the molecule is CC[C@@H](C(=O)Nc1cccc(NC(C)=O)c1)N(c1ccccc1)S(C)(=O)=O. The predicted molar refractivity (Wildman–Crippen MR) is 107 cm³/mol. The molecule has 8 heteroatoms. The lowest BCUT2D eigenvalue weighted by Gasteiger charge is -2.30. The Bertz CT molecular complexity index is 914. The van der Waals surface area contributed by atoms with E-state index in [1.165, 1.54) is 6.92 Å². The molecule has 0 bridgehead atoms. The fourth-order valence-electron chi connectivity index (χ4n) is 2.74. The van der Waals surface area contributed by atoms with Gasteiger partial charge in [0, 0.05) is 18.3 Å². The number of benzene rings is 2. The van der Waals surface area contributed by atoms with Gasteiger partial charge in [-0.2, -0.15) is 0 Å². The summed E-state index contributed by atoms with van der Waals surface area (Å²) in [5.41, 5.74) is 1.43. The number of hydrogen-bond acceptors (Lipinski definition) is 4. The minimum absolute atomic E-state index is 0.225. The first-order chi connectivity index (χ1) is 12.7. The molecule has 2 aromatic rings. The molecule has 144 valence electrons. The molecule has 0 aliphatic heterocycles. The highest BCUT2D eigenvalue weighted by Gasteiger charge is 2.31. The molecule has 0 aliphatic rings. The number of rotatable bonds is 7. The van der Waals surface area contributed by atoms with Crippen molar-refractivity contribution in [3.8, 4) is 0 Å². The van der Waals surface area contributed by atoms with Crippen LogP contribution in [0.15, 0.2) is 54.6 Å². The first kappa shape index (κ1) is 20.4. The van der Waals surface area contributed by atoms with Crippen LogP contribution in [0.2, 0.25) is 0 Å². The molecule has 7 nitrogen and oxygen atoms in total. The molecule has 2 aromatic carbocycles. The number of anilines is 3. The lowest BCUT2D eigenvalue weighted by atomic mass is 10.1. The molecule has 0 unspecified atom stereocenters. The maximum Gasteiger partial charge on any atom is 0.248 e. The minimum atomic E-state index is -3.68. The first-order valence-corrected chi connectivity index (χ1v) is 10.3. The van der Waals surface area contributed by atoms with Crippen molar-refractivity contribution in [3.05, 3.63) is 54.6 Å². The van der Waals surface area contributed by atoms with Gasteiger partial charge in [-0.25, -0.2) is 8.42 Å². The number of sulfonamides is 1. The van der Waals surface area contributed by atoms with Crippen molar-refractivity contribution in [1.29, 1.82) is 0 Å². The van der Waals surface area contributed by atoms with E-state index in [2.05, 4.69) is 10.6 Å². The van der Waals surface area contributed by atoms with Crippen LogP contribution in [0.4, 0.5) is 17.1 Å². The Balaban J connectivity index is 2.30. The average molecular weight is 389 g/mol. The summed E-state index contributed by atoms with van der Waals surface area (Å²) < 4.78 is 25.9. The molecule has 2 N–H and O–H groups in total. The number of carbonyl (C=O) groups excluding carboxylic acids is 2. The Morgan fingerprint density at radius 1 is 1.00 bits per heavy atom. The summed E-state index contributed by atoms with van der Waals surface area (Å²) in [6.07, 6.45) is 1.37. The average Bonchev–Trinajstić information content (AvgIpc) is 2.58. The van der Waals surface area contributed by atoms with Gasteiger partial charge in [0.2, 0.25) is 21.8 Å². The van der Waals surface area contributed by atoms with Gasteiger partial charge in [-0.3, -0.25) is 13.9 Å². The number of carbonyl (C=O) groups is 2. The Morgan fingerprint density at radius 2 is 1.59 bits per heavy atom. The maximum absolute atomic E-state index is 12.8. The molecular formula is C19H23N3O4S. The molecular weight excluding hydrogens is 366 g/mol. The van der Waals surface area contributed by atoms with Crippen molar-refractivity contribution in [2.24, 2.45) is 0 Å². The van der Waals surface area contributed by atoms with Crippen LogP contribution < -0.4 is 14.9 Å². The summed E-state index contributed by atoms with van der Waals surface area (Å²) >= 11 is 0. The van der Waals surface area contributed by atoms with Gasteiger partial charge in [0.15, 0.2) is 0 Å². The second kappa shape index (κ2) is 8.68. The van der Waals surface area contributed by atoms with Crippen molar-refractivity contribution >= 4 is 38.9 Å². The topological polar surface area (TPSA) is 95.6 Å². The molecule has 27 heavy (non-hydrogen) atoms. The van der Waals surface area contributed by atoms with E-state index < -0.39 is 22.0 Å². The largest absolute Gasteiger partial charge is 0.326 e. The summed E-state index contributed by atoms with van der Waals surface area (Å²) in [7, 11) is -3.68. The highest BCUT2D eigenvalue weighted by Crippen LogP contribution is 2.23. The lowest BCUT2D eigenvalue weighted by Crippen LogP contribution is -2.46. The number of amides is 2. The normalized spacial score (nSPS) is 12.1. The third-order valence-corrected chi connectivity index (χ3v) is 4.97. The monoisotopic (exact) mass is 389 g/mol. The third kappa shape index (κ3) is 5.55. The second-order valence-corrected chi connectivity index (χ2v) is 7.93. The third-order valence-electron chi connectivity index (χ3n) is 3.79. The summed E-state index contributed by atoms with van der Waals surface area (Å²) in [5, 5.41) is 5.37. The fourth-order valence-corrected chi connectivity index (χ4v) is 3.95. The van der Waals surface area contributed by atoms with Crippen LogP contribution in [-0.2, 0) is 19.6 Å². The Hall–Kier alpha value is -2.87. The van der Waals surface area contributed by atoms with Crippen molar-refractivity contribution in [1.82, 2.24) is 0 Å². The van der Waals surface area contributed by atoms with E-state index in [4.69, 9.17) is 0 Å². The molecule has 0 spiro atoms. The summed E-state index contributed by atoms with van der Waals surface area (Å²) in [4.78, 5) is 24.0. The van der Waals surface area contributed by atoms with Gasteiger partial charge in [-0.05, 0) is 36.8 Å². The van der Waals surface area contributed by atoms with Gasteiger partial charge >= 0.3 is 0 Å².